The van der Waals surface area contributed by atoms with Gasteiger partial charge in [0, 0.05) is 31.9 Å². The van der Waals surface area contributed by atoms with Gasteiger partial charge >= 0.3 is 0 Å². The number of hydrogen-bond donors (Lipinski definition) is 0. The zero-order valence-electron chi connectivity index (χ0n) is 18.9. The van der Waals surface area contributed by atoms with Gasteiger partial charge in [-0.1, -0.05) is 37.3 Å². The van der Waals surface area contributed by atoms with Crippen molar-refractivity contribution < 1.29 is 4.74 Å². The Hall–Kier alpha value is -2.93. The Balaban J connectivity index is 1.59. The average Bonchev–Trinajstić information content (AvgIpc) is 3.31. The molecule has 1 saturated heterocycles. The van der Waals surface area contributed by atoms with E-state index in [-0.39, 0.29) is 11.6 Å². The molecule has 2 aromatic carbocycles. The topological polar surface area (TPSA) is 59.3 Å². The second-order valence-corrected chi connectivity index (χ2v) is 8.65. The maximum Gasteiger partial charge on any atom is 0.173 e. The van der Waals surface area contributed by atoms with Crippen LogP contribution in [-0.4, -0.2) is 58.4 Å². The Kier molecular flexibility index (Phi) is 6.23. The van der Waals surface area contributed by atoms with E-state index in [9.17, 15) is 0 Å². The number of ether oxygens (including phenoxy) is 1. The van der Waals surface area contributed by atoms with E-state index in [1.165, 1.54) is 11.3 Å². The first-order valence-electron chi connectivity index (χ1n) is 11.0. The molecule has 2 heterocycles. The van der Waals surface area contributed by atoms with Gasteiger partial charge in [0.15, 0.2) is 5.82 Å². The molecule has 164 valence electrons. The SMILES string of the molecule is CCC(C)(C)n1nnnc1[C@H](c1ccccc1)N1CCN(c2ccc(OC)cc2)CC1. The maximum absolute atomic E-state index is 5.30. The number of aromatic nitrogens is 4. The Morgan fingerprint density at radius 3 is 2.26 bits per heavy atom. The smallest absolute Gasteiger partial charge is 0.173 e. The van der Waals surface area contributed by atoms with Gasteiger partial charge in [-0.3, -0.25) is 4.90 Å². The molecule has 0 N–H and O–H groups in total. The van der Waals surface area contributed by atoms with Crippen molar-refractivity contribution in [2.75, 3.05) is 38.2 Å². The third kappa shape index (κ3) is 4.42. The zero-order valence-corrected chi connectivity index (χ0v) is 18.9. The minimum atomic E-state index is -0.142. The lowest BCUT2D eigenvalue weighted by Crippen LogP contribution is -2.48. The van der Waals surface area contributed by atoms with E-state index in [4.69, 9.17) is 4.74 Å². The molecule has 1 fully saturated rings. The summed E-state index contributed by atoms with van der Waals surface area (Å²) < 4.78 is 7.31. The van der Waals surface area contributed by atoms with Crippen molar-refractivity contribution in [3.05, 3.63) is 66.0 Å². The number of hydrogen-bond acceptors (Lipinski definition) is 6. The van der Waals surface area contributed by atoms with Gasteiger partial charge in [-0.15, -0.1) is 5.10 Å². The molecule has 0 saturated carbocycles. The summed E-state index contributed by atoms with van der Waals surface area (Å²) in [5, 5.41) is 13.0. The van der Waals surface area contributed by atoms with Crippen LogP contribution in [0.5, 0.6) is 5.75 Å². The van der Waals surface area contributed by atoms with E-state index in [0.29, 0.717) is 0 Å². The van der Waals surface area contributed by atoms with Crippen molar-refractivity contribution in [3.63, 3.8) is 0 Å². The summed E-state index contributed by atoms with van der Waals surface area (Å²) in [6.45, 7) is 10.3. The van der Waals surface area contributed by atoms with Gasteiger partial charge in [0.1, 0.15) is 5.75 Å². The van der Waals surface area contributed by atoms with Crippen molar-refractivity contribution in [1.82, 2.24) is 25.1 Å². The summed E-state index contributed by atoms with van der Waals surface area (Å²) in [6.07, 6.45) is 0.956. The number of benzene rings is 2. The number of anilines is 1. The van der Waals surface area contributed by atoms with Gasteiger partial charge in [-0.2, -0.15) is 0 Å². The van der Waals surface area contributed by atoms with Crippen LogP contribution < -0.4 is 9.64 Å². The standard InChI is InChI=1S/C24H32N6O/c1-5-24(2,3)30-23(25-26-27-30)22(19-9-7-6-8-10-19)29-17-15-28(16-18-29)20-11-13-21(31-4)14-12-20/h6-14,22H,5,15-18H2,1-4H3/t22-/m0/s1. The number of nitrogens with zero attached hydrogens (tertiary/aromatic N) is 6. The van der Waals surface area contributed by atoms with Crippen molar-refractivity contribution in [1.29, 1.82) is 0 Å². The molecule has 0 radical (unpaired) electrons. The minimum Gasteiger partial charge on any atom is -0.497 e. The van der Waals surface area contributed by atoms with Crippen molar-refractivity contribution in [3.8, 4) is 5.75 Å². The normalized spacial score (nSPS) is 16.3. The highest BCUT2D eigenvalue weighted by molar-refractivity contribution is 5.49. The lowest BCUT2D eigenvalue weighted by molar-refractivity contribution is 0.187. The van der Waals surface area contributed by atoms with Gasteiger partial charge in [-0.05, 0) is 60.5 Å². The van der Waals surface area contributed by atoms with Crippen LogP contribution >= 0.6 is 0 Å². The van der Waals surface area contributed by atoms with E-state index in [1.54, 1.807) is 7.11 Å². The molecule has 0 aliphatic carbocycles. The molecule has 4 rings (SSSR count). The summed E-state index contributed by atoms with van der Waals surface area (Å²) in [5.41, 5.74) is 2.31. The van der Waals surface area contributed by atoms with Crippen LogP contribution in [0.25, 0.3) is 0 Å². The maximum atomic E-state index is 5.30. The van der Waals surface area contributed by atoms with Crippen molar-refractivity contribution in [2.24, 2.45) is 0 Å². The molecule has 7 nitrogen and oxygen atoms in total. The molecule has 1 aromatic heterocycles. The van der Waals surface area contributed by atoms with Gasteiger partial charge in [-0.25, -0.2) is 4.68 Å². The van der Waals surface area contributed by atoms with E-state index in [2.05, 4.69) is 88.6 Å². The second-order valence-electron chi connectivity index (χ2n) is 8.65. The number of tetrazole rings is 1. The quantitative estimate of drug-likeness (QED) is 0.580. The molecule has 0 bridgehead atoms. The monoisotopic (exact) mass is 420 g/mol. The molecule has 1 aliphatic rings. The van der Waals surface area contributed by atoms with Gasteiger partial charge in [0.05, 0.1) is 18.7 Å². The van der Waals surface area contributed by atoms with Crippen LogP contribution in [0, 0.1) is 0 Å². The van der Waals surface area contributed by atoms with Gasteiger partial charge in [0.25, 0.3) is 0 Å². The fraction of sp³-hybridized carbons (Fsp3) is 0.458. The predicted molar refractivity (Wildman–Crippen MR) is 122 cm³/mol. The van der Waals surface area contributed by atoms with Crippen LogP contribution in [-0.2, 0) is 5.54 Å². The highest BCUT2D eigenvalue weighted by Crippen LogP contribution is 2.32. The Bertz CT molecular complexity index is 961. The molecule has 1 atom stereocenters. The summed E-state index contributed by atoms with van der Waals surface area (Å²) >= 11 is 0. The molecule has 0 spiro atoms. The van der Waals surface area contributed by atoms with E-state index >= 15 is 0 Å². The first kappa shape index (κ1) is 21.3. The van der Waals surface area contributed by atoms with E-state index < -0.39 is 0 Å². The Morgan fingerprint density at radius 2 is 1.65 bits per heavy atom. The molecule has 3 aromatic rings. The minimum absolute atomic E-state index is 0.0278. The molecule has 0 amide bonds. The van der Waals surface area contributed by atoms with Gasteiger partial charge < -0.3 is 9.64 Å². The predicted octanol–water partition coefficient (Wildman–Crippen LogP) is 3.74. The van der Waals surface area contributed by atoms with Crippen molar-refractivity contribution >= 4 is 5.69 Å². The molecular weight excluding hydrogens is 388 g/mol. The third-order valence-electron chi connectivity index (χ3n) is 6.41. The lowest BCUT2D eigenvalue weighted by Gasteiger charge is -2.40. The summed E-state index contributed by atoms with van der Waals surface area (Å²) in [6, 6.07) is 18.9. The Morgan fingerprint density at radius 1 is 0.968 bits per heavy atom. The fourth-order valence-corrected chi connectivity index (χ4v) is 4.14. The average molecular weight is 421 g/mol. The first-order valence-corrected chi connectivity index (χ1v) is 11.0. The zero-order chi connectivity index (χ0) is 21.8. The van der Waals surface area contributed by atoms with Gasteiger partial charge in [0.2, 0.25) is 0 Å². The Labute approximate surface area is 184 Å². The van der Waals surface area contributed by atoms with E-state index in [0.717, 1.165) is 44.2 Å². The third-order valence-corrected chi connectivity index (χ3v) is 6.41. The summed E-state index contributed by atoms with van der Waals surface area (Å²) in [5.74, 6) is 1.80. The summed E-state index contributed by atoms with van der Waals surface area (Å²) in [7, 11) is 1.70. The van der Waals surface area contributed by atoms with Crippen LogP contribution in [0.15, 0.2) is 54.6 Å². The number of piperazine rings is 1. The summed E-state index contributed by atoms with van der Waals surface area (Å²) in [4.78, 5) is 4.93. The first-order chi connectivity index (χ1) is 15.0. The molecule has 0 unspecified atom stereocenters. The number of rotatable bonds is 7. The molecular formula is C24H32N6O. The van der Waals surface area contributed by atoms with Crippen molar-refractivity contribution in [2.45, 2.75) is 38.8 Å². The molecule has 7 heteroatoms. The van der Waals surface area contributed by atoms with Crippen LogP contribution in [0.4, 0.5) is 5.69 Å². The molecule has 1 aliphatic heterocycles. The lowest BCUT2D eigenvalue weighted by atomic mass is 9.99. The fourth-order valence-electron chi connectivity index (χ4n) is 4.14. The second kappa shape index (κ2) is 9.06. The van der Waals surface area contributed by atoms with Crippen LogP contribution in [0.2, 0.25) is 0 Å². The highest BCUT2D eigenvalue weighted by atomic mass is 16.5. The highest BCUT2D eigenvalue weighted by Gasteiger charge is 2.34. The van der Waals surface area contributed by atoms with E-state index in [1.807, 2.05) is 16.8 Å². The largest absolute Gasteiger partial charge is 0.497 e. The van der Waals surface area contributed by atoms with Crippen LogP contribution in [0.3, 0.4) is 0 Å². The number of methoxy groups -OCH3 is 1. The van der Waals surface area contributed by atoms with Crippen LogP contribution in [0.1, 0.15) is 44.6 Å². The molecule has 31 heavy (non-hydrogen) atoms.